The van der Waals surface area contributed by atoms with Gasteiger partial charge in [-0.15, -0.1) is 0 Å². The van der Waals surface area contributed by atoms with E-state index in [4.69, 9.17) is 34.8 Å². The Kier molecular flexibility index (Phi) is 7.12. The van der Waals surface area contributed by atoms with Crippen molar-refractivity contribution in [2.24, 2.45) is 0 Å². The molecule has 0 fully saturated rings. The maximum atomic E-state index is 12.1. The molecule has 0 saturated carbocycles. The summed E-state index contributed by atoms with van der Waals surface area (Å²) in [5.41, 5.74) is 1.24. The number of para-hydroxylation sites is 1. The van der Waals surface area contributed by atoms with Crippen LogP contribution < -0.4 is 10.2 Å². The number of nitrogens with one attached hydrogen (secondary N) is 1. The zero-order chi connectivity index (χ0) is 18.4. The Morgan fingerprint density at radius 1 is 0.960 bits per heavy atom. The number of amides is 2. The fourth-order valence-corrected chi connectivity index (χ4v) is 3.11. The summed E-state index contributed by atoms with van der Waals surface area (Å²) in [5.74, 6) is -0.441. The van der Waals surface area contributed by atoms with Crippen LogP contribution in [0.5, 0.6) is 0 Å². The normalized spacial score (nSPS) is 10.4. The number of nitrogens with zero attached hydrogens (tertiary/aromatic N) is 1. The SMILES string of the molecule is CC(=O)N(CCC(=O)NCc1ccccc1Cl)c1c(Cl)cccc1Cl. The van der Waals surface area contributed by atoms with Crippen LogP contribution >= 0.6 is 34.8 Å². The Labute approximate surface area is 161 Å². The molecule has 0 atom stereocenters. The van der Waals surface area contributed by atoms with Gasteiger partial charge in [0.1, 0.15) is 0 Å². The van der Waals surface area contributed by atoms with Crippen molar-refractivity contribution >= 4 is 52.3 Å². The topological polar surface area (TPSA) is 49.4 Å². The first kappa shape index (κ1) is 19.6. The summed E-state index contributed by atoms with van der Waals surface area (Å²) in [6.45, 7) is 1.90. The highest BCUT2D eigenvalue weighted by Gasteiger charge is 2.19. The molecule has 2 rings (SSSR count). The van der Waals surface area contributed by atoms with Gasteiger partial charge in [0.05, 0.1) is 15.7 Å². The number of hydrogen-bond acceptors (Lipinski definition) is 2. The molecule has 2 aromatic carbocycles. The predicted molar refractivity (Wildman–Crippen MR) is 102 cm³/mol. The van der Waals surface area contributed by atoms with Crippen LogP contribution in [0.2, 0.25) is 15.1 Å². The standard InChI is InChI=1S/C18H17Cl3N2O2/c1-12(24)23(18-15(20)7-4-8-16(18)21)10-9-17(25)22-11-13-5-2-3-6-14(13)19/h2-8H,9-11H2,1H3,(H,22,25). The van der Waals surface area contributed by atoms with Crippen molar-refractivity contribution in [3.05, 3.63) is 63.1 Å². The van der Waals surface area contributed by atoms with Crippen LogP contribution in [-0.4, -0.2) is 18.4 Å². The minimum absolute atomic E-state index is 0.117. The molecule has 0 aliphatic carbocycles. The molecule has 2 amide bonds. The number of rotatable bonds is 6. The molecule has 25 heavy (non-hydrogen) atoms. The van der Waals surface area contributed by atoms with Gasteiger partial charge in [0.2, 0.25) is 11.8 Å². The lowest BCUT2D eigenvalue weighted by atomic mass is 10.2. The van der Waals surface area contributed by atoms with E-state index >= 15 is 0 Å². The first-order valence-corrected chi connectivity index (χ1v) is 8.75. The molecule has 132 valence electrons. The predicted octanol–water partition coefficient (Wildman–Crippen LogP) is 4.71. The minimum atomic E-state index is -0.242. The number of benzene rings is 2. The Hall–Kier alpha value is -1.75. The van der Waals surface area contributed by atoms with E-state index in [2.05, 4.69) is 5.32 Å². The highest BCUT2D eigenvalue weighted by Crippen LogP contribution is 2.33. The number of carbonyl (C=O) groups is 2. The van der Waals surface area contributed by atoms with Gasteiger partial charge in [-0.2, -0.15) is 0 Å². The second kappa shape index (κ2) is 9.09. The van der Waals surface area contributed by atoms with E-state index in [1.165, 1.54) is 11.8 Å². The summed E-state index contributed by atoms with van der Waals surface area (Å²) < 4.78 is 0. The van der Waals surface area contributed by atoms with Crippen LogP contribution in [0.3, 0.4) is 0 Å². The molecular weight excluding hydrogens is 383 g/mol. The maximum Gasteiger partial charge on any atom is 0.223 e. The number of hydrogen-bond donors (Lipinski definition) is 1. The summed E-state index contributed by atoms with van der Waals surface area (Å²) in [6, 6.07) is 12.3. The zero-order valence-corrected chi connectivity index (χ0v) is 15.8. The molecule has 0 aliphatic rings. The Morgan fingerprint density at radius 3 is 2.16 bits per heavy atom. The van der Waals surface area contributed by atoms with E-state index < -0.39 is 0 Å². The second-order valence-electron chi connectivity index (χ2n) is 5.36. The molecule has 0 spiro atoms. The summed E-state index contributed by atoms with van der Waals surface area (Å²) in [7, 11) is 0. The average molecular weight is 400 g/mol. The number of anilines is 1. The summed E-state index contributed by atoms with van der Waals surface area (Å²) in [4.78, 5) is 25.4. The average Bonchev–Trinajstić information content (AvgIpc) is 2.56. The van der Waals surface area contributed by atoms with Crippen molar-refractivity contribution in [1.29, 1.82) is 0 Å². The summed E-state index contributed by atoms with van der Waals surface area (Å²) >= 11 is 18.4. The molecule has 0 radical (unpaired) electrons. The summed E-state index contributed by atoms with van der Waals surface area (Å²) in [5, 5.41) is 4.10. The molecule has 7 heteroatoms. The zero-order valence-electron chi connectivity index (χ0n) is 13.6. The lowest BCUT2D eigenvalue weighted by Gasteiger charge is -2.23. The monoisotopic (exact) mass is 398 g/mol. The van der Waals surface area contributed by atoms with Crippen molar-refractivity contribution in [2.45, 2.75) is 19.9 Å². The molecule has 0 aliphatic heterocycles. The van der Waals surface area contributed by atoms with E-state index in [9.17, 15) is 9.59 Å². The second-order valence-corrected chi connectivity index (χ2v) is 6.58. The van der Waals surface area contributed by atoms with E-state index in [-0.39, 0.29) is 24.8 Å². The van der Waals surface area contributed by atoms with Gasteiger partial charge >= 0.3 is 0 Å². The van der Waals surface area contributed by atoms with Crippen LogP contribution in [0.4, 0.5) is 5.69 Å². The lowest BCUT2D eigenvalue weighted by Crippen LogP contribution is -2.34. The van der Waals surface area contributed by atoms with Gasteiger partial charge in [0, 0.05) is 31.5 Å². The highest BCUT2D eigenvalue weighted by molar-refractivity contribution is 6.39. The maximum absolute atomic E-state index is 12.1. The Balaban J connectivity index is 1.98. The van der Waals surface area contributed by atoms with Gasteiger partial charge in [-0.25, -0.2) is 0 Å². The van der Waals surface area contributed by atoms with Gasteiger partial charge in [0.15, 0.2) is 0 Å². The van der Waals surface area contributed by atoms with Gasteiger partial charge in [0.25, 0.3) is 0 Å². The van der Waals surface area contributed by atoms with Gasteiger partial charge in [-0.3, -0.25) is 9.59 Å². The fourth-order valence-electron chi connectivity index (χ4n) is 2.31. The van der Waals surface area contributed by atoms with Crippen LogP contribution in [0, 0.1) is 0 Å². The molecule has 0 saturated heterocycles. The smallest absolute Gasteiger partial charge is 0.223 e. The van der Waals surface area contributed by atoms with Crippen molar-refractivity contribution in [2.75, 3.05) is 11.4 Å². The first-order chi connectivity index (χ1) is 11.9. The molecule has 0 bridgehead atoms. The third-order valence-electron chi connectivity index (χ3n) is 3.58. The van der Waals surface area contributed by atoms with Crippen LogP contribution in [0.15, 0.2) is 42.5 Å². The molecule has 4 nitrogen and oxygen atoms in total. The molecule has 0 aromatic heterocycles. The number of carbonyl (C=O) groups excluding carboxylic acids is 2. The first-order valence-electron chi connectivity index (χ1n) is 7.62. The van der Waals surface area contributed by atoms with Crippen LogP contribution in [0.1, 0.15) is 18.9 Å². The lowest BCUT2D eigenvalue weighted by molar-refractivity contribution is -0.121. The molecule has 2 aromatic rings. The van der Waals surface area contributed by atoms with E-state index in [1.807, 2.05) is 18.2 Å². The van der Waals surface area contributed by atoms with Gasteiger partial charge in [-0.1, -0.05) is 59.1 Å². The quantitative estimate of drug-likeness (QED) is 0.765. The number of halogens is 3. The van der Waals surface area contributed by atoms with Gasteiger partial charge in [-0.05, 0) is 23.8 Å². The fraction of sp³-hybridized carbons (Fsp3) is 0.222. The van der Waals surface area contributed by atoms with E-state index in [0.29, 0.717) is 27.3 Å². The largest absolute Gasteiger partial charge is 0.352 e. The van der Waals surface area contributed by atoms with Crippen molar-refractivity contribution < 1.29 is 9.59 Å². The van der Waals surface area contributed by atoms with Crippen molar-refractivity contribution in [3.8, 4) is 0 Å². The minimum Gasteiger partial charge on any atom is -0.352 e. The molecule has 0 unspecified atom stereocenters. The van der Waals surface area contributed by atoms with Crippen molar-refractivity contribution in [1.82, 2.24) is 5.32 Å². The third-order valence-corrected chi connectivity index (χ3v) is 4.56. The summed E-state index contributed by atoms with van der Waals surface area (Å²) in [6.07, 6.45) is 0.117. The van der Waals surface area contributed by atoms with Gasteiger partial charge < -0.3 is 10.2 Å². The molecule has 1 N–H and O–H groups in total. The Bertz CT molecular complexity index is 760. The van der Waals surface area contributed by atoms with E-state index in [0.717, 1.165) is 5.56 Å². The Morgan fingerprint density at radius 2 is 1.56 bits per heavy atom. The van der Waals surface area contributed by atoms with Crippen molar-refractivity contribution in [3.63, 3.8) is 0 Å². The van der Waals surface area contributed by atoms with Crippen LogP contribution in [0.25, 0.3) is 0 Å². The van der Waals surface area contributed by atoms with E-state index in [1.54, 1.807) is 24.3 Å². The third kappa shape index (κ3) is 5.36. The van der Waals surface area contributed by atoms with Crippen LogP contribution in [-0.2, 0) is 16.1 Å². The molecular formula is C18H17Cl3N2O2. The molecule has 0 heterocycles. The highest BCUT2D eigenvalue weighted by atomic mass is 35.5.